The van der Waals surface area contributed by atoms with Crippen molar-refractivity contribution in [2.75, 3.05) is 29.9 Å². The molecule has 138 valence electrons. The van der Waals surface area contributed by atoms with Crippen molar-refractivity contribution >= 4 is 17.4 Å². The number of aromatic nitrogens is 2. The molecule has 1 saturated heterocycles. The lowest BCUT2D eigenvalue weighted by atomic mass is 9.98. The number of hydrogen-bond donors (Lipinski definition) is 2. The van der Waals surface area contributed by atoms with E-state index in [0.717, 1.165) is 56.1 Å². The lowest BCUT2D eigenvalue weighted by Crippen LogP contribution is -2.42. The summed E-state index contributed by atoms with van der Waals surface area (Å²) < 4.78 is 0. The molecular formula is C20H27N5O. The smallest absolute Gasteiger partial charge is 0.227 e. The van der Waals surface area contributed by atoms with Crippen LogP contribution in [0.3, 0.4) is 0 Å². The topological polar surface area (TPSA) is 64.3 Å². The summed E-state index contributed by atoms with van der Waals surface area (Å²) >= 11 is 0. The van der Waals surface area contributed by atoms with E-state index in [1.54, 1.807) is 4.90 Å². The maximum absolute atomic E-state index is 11.8. The number of carbonyl (C=O) groups excluding carboxylic acids is 1. The summed E-state index contributed by atoms with van der Waals surface area (Å²) in [6.45, 7) is 5.01. The van der Waals surface area contributed by atoms with Gasteiger partial charge >= 0.3 is 0 Å². The van der Waals surface area contributed by atoms with Crippen LogP contribution in [-0.4, -0.2) is 42.3 Å². The maximum atomic E-state index is 11.8. The molecule has 2 aliphatic heterocycles. The number of aryl methyl sites for hydroxylation is 2. The van der Waals surface area contributed by atoms with Crippen LogP contribution in [0, 0.1) is 6.92 Å². The van der Waals surface area contributed by atoms with Crippen molar-refractivity contribution in [1.29, 1.82) is 0 Å². The van der Waals surface area contributed by atoms with Crippen molar-refractivity contribution in [3.05, 3.63) is 41.1 Å². The van der Waals surface area contributed by atoms with Crippen LogP contribution < -0.4 is 15.1 Å². The van der Waals surface area contributed by atoms with Crippen molar-refractivity contribution in [1.82, 2.24) is 15.5 Å². The Kier molecular flexibility index (Phi) is 4.68. The summed E-state index contributed by atoms with van der Waals surface area (Å²) in [6, 6.07) is 9.15. The summed E-state index contributed by atoms with van der Waals surface area (Å²) in [4.78, 5) is 15.9. The Balaban J connectivity index is 1.31. The van der Waals surface area contributed by atoms with Gasteiger partial charge in [-0.05, 0) is 43.4 Å². The van der Waals surface area contributed by atoms with Crippen LogP contribution in [0.25, 0.3) is 0 Å². The molecule has 1 aromatic heterocycles. The van der Waals surface area contributed by atoms with Gasteiger partial charge in [-0.3, -0.25) is 9.89 Å². The van der Waals surface area contributed by atoms with Gasteiger partial charge in [0.05, 0.1) is 0 Å². The molecule has 1 amide bonds. The number of nitrogens with one attached hydrogen (secondary N) is 2. The monoisotopic (exact) mass is 353 g/mol. The highest BCUT2D eigenvalue weighted by molar-refractivity contribution is 5.95. The third kappa shape index (κ3) is 3.46. The molecule has 2 N–H and O–H groups in total. The minimum atomic E-state index is 0.210. The van der Waals surface area contributed by atoms with Crippen molar-refractivity contribution in [2.45, 2.75) is 45.2 Å². The molecule has 1 aromatic carbocycles. The van der Waals surface area contributed by atoms with Gasteiger partial charge in [0, 0.05) is 56.6 Å². The molecule has 0 saturated carbocycles. The zero-order valence-electron chi connectivity index (χ0n) is 15.6. The minimum Gasteiger partial charge on any atom is -0.355 e. The van der Waals surface area contributed by atoms with Crippen LogP contribution in [0.4, 0.5) is 11.5 Å². The normalized spacial score (nSPS) is 18.3. The molecule has 1 fully saturated rings. The molecule has 2 aliphatic rings. The van der Waals surface area contributed by atoms with Gasteiger partial charge in [-0.1, -0.05) is 12.1 Å². The minimum absolute atomic E-state index is 0.210. The third-order valence-corrected chi connectivity index (χ3v) is 5.59. The summed E-state index contributed by atoms with van der Waals surface area (Å²) in [6.07, 6.45) is 3.74. The van der Waals surface area contributed by atoms with Gasteiger partial charge in [0.25, 0.3) is 0 Å². The van der Waals surface area contributed by atoms with E-state index in [9.17, 15) is 4.79 Å². The standard InChI is InChI=1S/C20H27N5O/c1-14-11-19(23-22-14)25-9-7-17(8-10-25)21-13-15-3-5-18-16(12-15)4-6-20(26)24(18)2/h3,5,11-12,17,21H,4,6-10,13H2,1-2H3,(H,22,23). The average molecular weight is 353 g/mol. The van der Waals surface area contributed by atoms with Gasteiger partial charge in [-0.2, -0.15) is 5.10 Å². The average Bonchev–Trinajstić information content (AvgIpc) is 3.10. The van der Waals surface area contributed by atoms with Crippen molar-refractivity contribution in [2.24, 2.45) is 0 Å². The lowest BCUT2D eigenvalue weighted by Gasteiger charge is -2.32. The lowest BCUT2D eigenvalue weighted by molar-refractivity contribution is -0.118. The van der Waals surface area contributed by atoms with E-state index in [1.165, 1.54) is 11.1 Å². The van der Waals surface area contributed by atoms with Gasteiger partial charge in [0.15, 0.2) is 5.82 Å². The van der Waals surface area contributed by atoms with Crippen molar-refractivity contribution in [3.63, 3.8) is 0 Å². The van der Waals surface area contributed by atoms with Crippen LogP contribution in [0.1, 0.15) is 36.1 Å². The third-order valence-electron chi connectivity index (χ3n) is 5.59. The van der Waals surface area contributed by atoms with Gasteiger partial charge < -0.3 is 15.1 Å². The zero-order chi connectivity index (χ0) is 18.1. The number of carbonyl (C=O) groups is 1. The van der Waals surface area contributed by atoms with E-state index in [1.807, 2.05) is 14.0 Å². The Hall–Kier alpha value is -2.34. The zero-order valence-corrected chi connectivity index (χ0v) is 15.6. The number of benzene rings is 1. The number of nitrogens with zero attached hydrogens (tertiary/aromatic N) is 3. The predicted molar refractivity (Wildman–Crippen MR) is 104 cm³/mol. The molecule has 0 aliphatic carbocycles. The fourth-order valence-electron chi connectivity index (χ4n) is 3.96. The Morgan fingerprint density at radius 2 is 2.04 bits per heavy atom. The molecule has 6 heteroatoms. The fourth-order valence-corrected chi connectivity index (χ4v) is 3.96. The number of anilines is 2. The summed E-state index contributed by atoms with van der Waals surface area (Å²) in [7, 11) is 1.87. The Morgan fingerprint density at radius 1 is 1.23 bits per heavy atom. The van der Waals surface area contributed by atoms with E-state index in [2.05, 4.69) is 44.7 Å². The van der Waals surface area contributed by atoms with Crippen molar-refractivity contribution in [3.8, 4) is 0 Å². The molecule has 0 atom stereocenters. The second-order valence-corrected chi connectivity index (χ2v) is 7.47. The molecule has 26 heavy (non-hydrogen) atoms. The maximum Gasteiger partial charge on any atom is 0.227 e. The first-order valence-electron chi connectivity index (χ1n) is 9.49. The molecule has 4 rings (SSSR count). The Morgan fingerprint density at radius 3 is 2.77 bits per heavy atom. The molecule has 0 radical (unpaired) electrons. The molecule has 0 unspecified atom stereocenters. The molecule has 0 spiro atoms. The van der Waals surface area contributed by atoms with Crippen molar-refractivity contribution < 1.29 is 4.79 Å². The fraction of sp³-hybridized carbons (Fsp3) is 0.500. The van der Waals surface area contributed by atoms with E-state index in [0.29, 0.717) is 12.5 Å². The molecular weight excluding hydrogens is 326 g/mol. The highest BCUT2D eigenvalue weighted by atomic mass is 16.2. The first-order valence-corrected chi connectivity index (χ1v) is 9.49. The molecule has 3 heterocycles. The highest BCUT2D eigenvalue weighted by Gasteiger charge is 2.22. The van der Waals surface area contributed by atoms with Gasteiger partial charge in [-0.15, -0.1) is 0 Å². The Bertz CT molecular complexity index is 791. The van der Waals surface area contributed by atoms with Crippen LogP contribution in [0.2, 0.25) is 0 Å². The summed E-state index contributed by atoms with van der Waals surface area (Å²) in [5.74, 6) is 1.27. The van der Waals surface area contributed by atoms with Gasteiger partial charge in [0.2, 0.25) is 5.91 Å². The summed E-state index contributed by atoms with van der Waals surface area (Å²) in [5, 5.41) is 11.1. The number of rotatable bonds is 4. The van der Waals surface area contributed by atoms with Crippen LogP contribution in [-0.2, 0) is 17.8 Å². The molecule has 0 bridgehead atoms. The van der Waals surface area contributed by atoms with E-state index < -0.39 is 0 Å². The number of fused-ring (bicyclic) bond motifs is 1. The van der Waals surface area contributed by atoms with Crippen LogP contribution in [0.5, 0.6) is 0 Å². The molecule has 6 nitrogen and oxygen atoms in total. The molecule has 2 aromatic rings. The first kappa shape index (κ1) is 17.1. The first-order chi connectivity index (χ1) is 12.6. The van der Waals surface area contributed by atoms with Gasteiger partial charge in [0.1, 0.15) is 0 Å². The van der Waals surface area contributed by atoms with Gasteiger partial charge in [-0.25, -0.2) is 0 Å². The SMILES string of the molecule is Cc1cc(N2CCC(NCc3ccc4c(c3)CCC(=O)N4C)CC2)n[nH]1. The van der Waals surface area contributed by atoms with Crippen LogP contribution >= 0.6 is 0 Å². The Labute approximate surface area is 154 Å². The predicted octanol–water partition coefficient (Wildman–Crippen LogP) is 2.39. The quantitative estimate of drug-likeness (QED) is 0.886. The number of amides is 1. The number of hydrogen-bond acceptors (Lipinski definition) is 4. The largest absolute Gasteiger partial charge is 0.355 e. The second kappa shape index (κ2) is 7.11. The van der Waals surface area contributed by atoms with E-state index in [-0.39, 0.29) is 5.91 Å². The number of aromatic amines is 1. The second-order valence-electron chi connectivity index (χ2n) is 7.47. The van der Waals surface area contributed by atoms with Crippen LogP contribution in [0.15, 0.2) is 24.3 Å². The number of H-pyrrole nitrogens is 1. The summed E-state index contributed by atoms with van der Waals surface area (Å²) in [5.41, 5.74) is 4.76. The van der Waals surface area contributed by atoms with E-state index >= 15 is 0 Å². The number of piperidine rings is 1. The van der Waals surface area contributed by atoms with E-state index in [4.69, 9.17) is 0 Å². The highest BCUT2D eigenvalue weighted by Crippen LogP contribution is 2.27.